The lowest BCUT2D eigenvalue weighted by Gasteiger charge is -2.35. The van der Waals surface area contributed by atoms with Gasteiger partial charge >= 0.3 is 0 Å². The normalized spacial score (nSPS) is 15.0. The summed E-state index contributed by atoms with van der Waals surface area (Å²) in [7, 11) is 0. The van der Waals surface area contributed by atoms with Gasteiger partial charge in [0.25, 0.3) is 5.56 Å². The highest BCUT2D eigenvalue weighted by atomic mass is 19.1. The first-order valence-electron chi connectivity index (χ1n) is 9.05. The van der Waals surface area contributed by atoms with Gasteiger partial charge in [-0.25, -0.2) is 9.37 Å². The van der Waals surface area contributed by atoms with Gasteiger partial charge in [0, 0.05) is 50.7 Å². The Balaban J connectivity index is 1.43. The number of halogens is 1. The molecule has 0 aromatic carbocycles. The maximum Gasteiger partial charge on any atom is 0.251 e. The van der Waals surface area contributed by atoms with E-state index in [1.807, 2.05) is 23.2 Å². The lowest BCUT2D eigenvalue weighted by atomic mass is 10.2. The summed E-state index contributed by atoms with van der Waals surface area (Å²) in [5, 5.41) is 8.83. The third-order valence-corrected chi connectivity index (χ3v) is 4.96. The van der Waals surface area contributed by atoms with Gasteiger partial charge in [-0.2, -0.15) is 5.26 Å². The number of hydrogen-bond donors (Lipinski definition) is 1. The van der Waals surface area contributed by atoms with E-state index < -0.39 is 5.82 Å². The number of pyridine rings is 3. The fourth-order valence-corrected chi connectivity index (χ4v) is 3.41. The van der Waals surface area contributed by atoms with E-state index in [1.54, 1.807) is 13.0 Å². The van der Waals surface area contributed by atoms with E-state index in [9.17, 15) is 9.18 Å². The van der Waals surface area contributed by atoms with Gasteiger partial charge in [0.2, 0.25) is 0 Å². The minimum absolute atomic E-state index is 0.1000. The fraction of sp³-hybridized carbons (Fsp3) is 0.300. The van der Waals surface area contributed by atoms with Crippen LogP contribution in [0.1, 0.15) is 16.7 Å². The van der Waals surface area contributed by atoms with Gasteiger partial charge in [-0.1, -0.05) is 0 Å². The molecular weight excluding hydrogens is 359 g/mol. The highest BCUT2D eigenvalue weighted by Gasteiger charge is 2.21. The molecule has 7 nitrogen and oxygen atoms in total. The Kier molecular flexibility index (Phi) is 4.75. The zero-order valence-electron chi connectivity index (χ0n) is 15.4. The third-order valence-electron chi connectivity index (χ3n) is 4.96. The molecule has 0 aliphatic carbocycles. The van der Waals surface area contributed by atoms with E-state index in [-0.39, 0.29) is 11.1 Å². The minimum Gasteiger partial charge on any atom is -0.352 e. The predicted octanol–water partition coefficient (Wildman–Crippen LogP) is 1.96. The second-order valence-corrected chi connectivity index (χ2v) is 6.96. The SMILES string of the molecule is Cc1cc2ncc(CN3CCN(c4ncc(C#N)cc4F)CC3)cc2[nH]c1=O. The van der Waals surface area contributed by atoms with E-state index in [2.05, 4.69) is 19.9 Å². The van der Waals surface area contributed by atoms with Crippen LogP contribution in [0.2, 0.25) is 0 Å². The van der Waals surface area contributed by atoms with Gasteiger partial charge in [-0.3, -0.25) is 14.7 Å². The molecule has 1 saturated heterocycles. The van der Waals surface area contributed by atoms with Crippen molar-refractivity contribution in [1.82, 2.24) is 19.9 Å². The average Bonchev–Trinajstić information content (AvgIpc) is 2.70. The van der Waals surface area contributed by atoms with Crippen LogP contribution in [0.15, 0.2) is 35.4 Å². The molecule has 0 bridgehead atoms. The van der Waals surface area contributed by atoms with Crippen LogP contribution in [-0.2, 0) is 6.54 Å². The smallest absolute Gasteiger partial charge is 0.251 e. The standard InChI is InChI=1S/C20H19FN6O/c1-13-6-17-18(25-20(13)28)8-15(11-23-17)12-26-2-4-27(5-3-26)19-16(21)7-14(9-22)10-24-19/h6-8,10-11H,2-5,12H2,1H3,(H,25,28). The van der Waals surface area contributed by atoms with Crippen molar-refractivity contribution in [2.45, 2.75) is 13.5 Å². The molecule has 1 aliphatic heterocycles. The van der Waals surface area contributed by atoms with E-state index in [0.29, 0.717) is 31.0 Å². The topological polar surface area (TPSA) is 88.9 Å². The molecule has 28 heavy (non-hydrogen) atoms. The summed E-state index contributed by atoms with van der Waals surface area (Å²) >= 11 is 0. The van der Waals surface area contributed by atoms with Crippen molar-refractivity contribution >= 4 is 16.9 Å². The second-order valence-electron chi connectivity index (χ2n) is 6.96. The van der Waals surface area contributed by atoms with Crippen molar-refractivity contribution in [2.24, 2.45) is 0 Å². The highest BCUT2D eigenvalue weighted by Crippen LogP contribution is 2.20. The number of nitrogens with zero attached hydrogens (tertiary/aromatic N) is 5. The molecule has 3 aromatic rings. The van der Waals surface area contributed by atoms with Crippen LogP contribution in [0.5, 0.6) is 0 Å². The number of nitrogens with one attached hydrogen (secondary N) is 1. The lowest BCUT2D eigenvalue weighted by Crippen LogP contribution is -2.46. The van der Waals surface area contributed by atoms with E-state index >= 15 is 0 Å². The molecule has 0 amide bonds. The van der Waals surface area contributed by atoms with Crippen molar-refractivity contribution in [3.63, 3.8) is 0 Å². The van der Waals surface area contributed by atoms with Gasteiger partial charge in [0.1, 0.15) is 6.07 Å². The predicted molar refractivity (Wildman–Crippen MR) is 104 cm³/mol. The number of fused-ring (bicyclic) bond motifs is 1. The molecule has 0 spiro atoms. The summed E-state index contributed by atoms with van der Waals surface area (Å²) in [6, 6.07) is 6.86. The van der Waals surface area contributed by atoms with E-state index in [0.717, 1.165) is 29.7 Å². The molecular formula is C20H19FN6O. The van der Waals surface area contributed by atoms with Gasteiger partial charge in [-0.05, 0) is 30.7 Å². The monoisotopic (exact) mass is 378 g/mol. The number of piperazine rings is 1. The molecule has 0 radical (unpaired) electrons. The van der Waals surface area contributed by atoms with Crippen molar-refractivity contribution in [2.75, 3.05) is 31.1 Å². The summed E-state index contributed by atoms with van der Waals surface area (Å²) in [4.78, 5) is 27.4. The Morgan fingerprint density at radius 1 is 1.18 bits per heavy atom. The molecule has 4 rings (SSSR count). The van der Waals surface area contributed by atoms with Crippen molar-refractivity contribution in [3.8, 4) is 6.07 Å². The summed E-state index contributed by atoms with van der Waals surface area (Å²) in [6.07, 6.45) is 3.22. The maximum atomic E-state index is 14.2. The van der Waals surface area contributed by atoms with Crippen molar-refractivity contribution in [3.05, 3.63) is 63.5 Å². The zero-order chi connectivity index (χ0) is 19.7. The summed E-state index contributed by atoms with van der Waals surface area (Å²) in [6.45, 7) is 5.27. The number of H-pyrrole nitrogens is 1. The molecule has 0 atom stereocenters. The largest absolute Gasteiger partial charge is 0.352 e. The number of nitriles is 1. The molecule has 0 unspecified atom stereocenters. The number of anilines is 1. The number of aromatic amines is 1. The molecule has 1 fully saturated rings. The Hall–Kier alpha value is -3.31. The van der Waals surface area contributed by atoms with Gasteiger partial charge in [-0.15, -0.1) is 0 Å². The van der Waals surface area contributed by atoms with Gasteiger partial charge in [0.15, 0.2) is 11.6 Å². The van der Waals surface area contributed by atoms with E-state index in [4.69, 9.17) is 5.26 Å². The molecule has 1 aliphatic rings. The van der Waals surface area contributed by atoms with Crippen LogP contribution in [-0.4, -0.2) is 46.0 Å². The third kappa shape index (κ3) is 3.57. The average molecular weight is 378 g/mol. The first kappa shape index (κ1) is 18.1. The molecule has 1 N–H and O–H groups in total. The minimum atomic E-state index is -0.467. The number of rotatable bonds is 3. The number of hydrogen-bond acceptors (Lipinski definition) is 6. The van der Waals surface area contributed by atoms with Crippen LogP contribution in [0.25, 0.3) is 11.0 Å². The van der Waals surface area contributed by atoms with Gasteiger partial charge < -0.3 is 9.88 Å². The first-order valence-corrected chi connectivity index (χ1v) is 9.05. The molecule has 0 saturated carbocycles. The van der Waals surface area contributed by atoms with Crippen LogP contribution >= 0.6 is 0 Å². The number of aromatic nitrogens is 3. The van der Waals surface area contributed by atoms with Crippen LogP contribution in [0.3, 0.4) is 0 Å². The number of aryl methyl sites for hydroxylation is 1. The highest BCUT2D eigenvalue weighted by molar-refractivity contribution is 5.74. The molecule has 8 heteroatoms. The van der Waals surface area contributed by atoms with Gasteiger partial charge in [0.05, 0.1) is 16.6 Å². The Morgan fingerprint density at radius 2 is 1.96 bits per heavy atom. The second kappa shape index (κ2) is 7.37. The Morgan fingerprint density at radius 3 is 2.68 bits per heavy atom. The fourth-order valence-electron chi connectivity index (χ4n) is 3.41. The molecule has 3 aromatic heterocycles. The molecule has 142 valence electrons. The Bertz CT molecular complexity index is 1130. The van der Waals surface area contributed by atoms with Crippen LogP contribution in [0.4, 0.5) is 10.2 Å². The maximum absolute atomic E-state index is 14.2. The van der Waals surface area contributed by atoms with Crippen LogP contribution in [0, 0.1) is 24.1 Å². The van der Waals surface area contributed by atoms with Crippen molar-refractivity contribution < 1.29 is 4.39 Å². The summed E-state index contributed by atoms with van der Waals surface area (Å²) in [5.74, 6) is -0.176. The van der Waals surface area contributed by atoms with E-state index in [1.165, 1.54) is 12.3 Å². The quantitative estimate of drug-likeness (QED) is 0.750. The summed E-state index contributed by atoms with van der Waals surface area (Å²) < 4.78 is 14.2. The summed E-state index contributed by atoms with van der Waals surface area (Å²) in [5.41, 5.74) is 3.29. The van der Waals surface area contributed by atoms with Crippen molar-refractivity contribution in [1.29, 1.82) is 5.26 Å². The molecule has 4 heterocycles. The Labute approximate surface area is 161 Å². The zero-order valence-corrected chi connectivity index (χ0v) is 15.4. The van der Waals surface area contributed by atoms with Crippen LogP contribution < -0.4 is 10.5 Å². The first-order chi connectivity index (χ1) is 13.5. The lowest BCUT2D eigenvalue weighted by molar-refractivity contribution is 0.248.